The molecule has 1 heterocycles. The van der Waals surface area contributed by atoms with Crippen LogP contribution in [0.4, 0.5) is 5.69 Å². The van der Waals surface area contributed by atoms with Crippen LogP contribution in [0, 0.1) is 6.92 Å². The van der Waals surface area contributed by atoms with Crippen LogP contribution in [0.1, 0.15) is 52.9 Å². The summed E-state index contributed by atoms with van der Waals surface area (Å²) in [5, 5.41) is 2.78. The molecule has 0 saturated heterocycles. The number of H-pyrrole nitrogens is 1. The van der Waals surface area contributed by atoms with E-state index < -0.39 is 5.97 Å². The summed E-state index contributed by atoms with van der Waals surface area (Å²) >= 11 is 0. The molecule has 8 heteroatoms. The van der Waals surface area contributed by atoms with Gasteiger partial charge in [-0.2, -0.15) is 0 Å². The number of esters is 1. The Balaban J connectivity index is 2.31. The number of ether oxygens (including phenoxy) is 3. The number of hydrogen-bond acceptors (Lipinski definition) is 6. The first-order valence-corrected chi connectivity index (χ1v) is 9.32. The monoisotopic (exact) mass is 402 g/mol. The van der Waals surface area contributed by atoms with Crippen LogP contribution in [-0.4, -0.2) is 43.0 Å². The van der Waals surface area contributed by atoms with Crippen LogP contribution >= 0.6 is 0 Å². The molecule has 29 heavy (non-hydrogen) atoms. The maximum absolute atomic E-state index is 12.7. The minimum Gasteiger partial charge on any atom is -0.494 e. The molecule has 2 aromatic rings. The van der Waals surface area contributed by atoms with Crippen molar-refractivity contribution in [3.8, 4) is 11.5 Å². The number of methoxy groups -OCH3 is 1. The maximum atomic E-state index is 12.7. The molecule has 0 saturated carbocycles. The first-order valence-electron chi connectivity index (χ1n) is 9.32. The number of aromatic amines is 1. The predicted molar refractivity (Wildman–Crippen MR) is 108 cm³/mol. The molecule has 0 aliphatic carbocycles. The first kappa shape index (κ1) is 22.0. The quantitative estimate of drug-likeness (QED) is 0.492. The van der Waals surface area contributed by atoms with Crippen LogP contribution < -0.4 is 14.8 Å². The first-order chi connectivity index (χ1) is 13.8. The minimum absolute atomic E-state index is 0.150. The van der Waals surface area contributed by atoms with Gasteiger partial charge < -0.3 is 24.5 Å². The average Bonchev–Trinajstić information content (AvgIpc) is 2.99. The number of Topliss-reactive ketones (excluding diaryl/α,β-unsaturated/α-hetero) is 1. The number of benzene rings is 1. The number of amides is 1. The van der Waals surface area contributed by atoms with Gasteiger partial charge in [-0.15, -0.1) is 0 Å². The van der Waals surface area contributed by atoms with Crippen LogP contribution in [0.2, 0.25) is 0 Å². The van der Waals surface area contributed by atoms with E-state index in [1.807, 2.05) is 13.8 Å². The van der Waals surface area contributed by atoms with Gasteiger partial charge in [-0.25, -0.2) is 4.79 Å². The number of carbonyl (C=O) groups excluding carboxylic acids is 3. The second kappa shape index (κ2) is 9.77. The molecule has 0 fully saturated rings. The van der Waals surface area contributed by atoms with Gasteiger partial charge in [-0.05, 0) is 38.5 Å². The molecule has 156 valence electrons. The summed E-state index contributed by atoms with van der Waals surface area (Å²) in [5.74, 6) is -0.133. The fourth-order valence-corrected chi connectivity index (χ4v) is 3.02. The Labute approximate surface area is 169 Å². The van der Waals surface area contributed by atoms with Gasteiger partial charge in [-0.3, -0.25) is 9.59 Å². The van der Waals surface area contributed by atoms with E-state index in [4.69, 9.17) is 14.2 Å². The molecule has 2 N–H and O–H groups in total. The van der Waals surface area contributed by atoms with E-state index in [2.05, 4.69) is 10.3 Å². The number of rotatable bonds is 9. The third kappa shape index (κ3) is 5.16. The molecule has 1 aromatic heterocycles. The molecule has 0 radical (unpaired) electrons. The lowest BCUT2D eigenvalue weighted by Gasteiger charge is -2.13. The number of anilines is 1. The second-order valence-electron chi connectivity index (χ2n) is 6.28. The van der Waals surface area contributed by atoms with Crippen molar-refractivity contribution in [2.75, 3.05) is 25.6 Å². The summed E-state index contributed by atoms with van der Waals surface area (Å²) in [6, 6.07) is 5.15. The van der Waals surface area contributed by atoms with Crippen LogP contribution in [0.25, 0.3) is 0 Å². The number of nitrogens with one attached hydrogen (secondary N) is 2. The SMILES string of the molecule is CCOc1ccc(OCC)c(NC(=O)Cc2[nH]c(C(C)=O)c(C)c2C(=O)OC)c1. The van der Waals surface area contributed by atoms with Crippen LogP contribution in [0.15, 0.2) is 18.2 Å². The van der Waals surface area contributed by atoms with Crippen molar-refractivity contribution in [1.82, 2.24) is 4.98 Å². The average molecular weight is 402 g/mol. The van der Waals surface area contributed by atoms with E-state index in [0.717, 1.165) is 0 Å². The summed E-state index contributed by atoms with van der Waals surface area (Å²) in [5.41, 5.74) is 1.71. The van der Waals surface area contributed by atoms with Crippen molar-refractivity contribution in [1.29, 1.82) is 0 Å². The lowest BCUT2D eigenvalue weighted by Crippen LogP contribution is -2.17. The van der Waals surface area contributed by atoms with E-state index in [9.17, 15) is 14.4 Å². The maximum Gasteiger partial charge on any atom is 0.339 e. The molecule has 1 amide bonds. The molecule has 0 atom stereocenters. The molecule has 0 aliphatic heterocycles. The smallest absolute Gasteiger partial charge is 0.339 e. The highest BCUT2D eigenvalue weighted by atomic mass is 16.5. The summed E-state index contributed by atoms with van der Waals surface area (Å²) in [7, 11) is 1.25. The fraction of sp³-hybridized carbons (Fsp3) is 0.381. The lowest BCUT2D eigenvalue weighted by molar-refractivity contribution is -0.115. The molecule has 0 bridgehead atoms. The summed E-state index contributed by atoms with van der Waals surface area (Å²) < 4.78 is 15.8. The van der Waals surface area contributed by atoms with Gasteiger partial charge in [0.25, 0.3) is 0 Å². The van der Waals surface area contributed by atoms with Gasteiger partial charge in [0.05, 0.1) is 43.7 Å². The molecule has 0 spiro atoms. The fourth-order valence-electron chi connectivity index (χ4n) is 3.02. The van der Waals surface area contributed by atoms with E-state index >= 15 is 0 Å². The summed E-state index contributed by atoms with van der Waals surface area (Å²) in [6.45, 7) is 7.65. The highest BCUT2D eigenvalue weighted by Crippen LogP contribution is 2.30. The number of ketones is 1. The second-order valence-corrected chi connectivity index (χ2v) is 6.28. The summed E-state index contributed by atoms with van der Waals surface area (Å²) in [4.78, 5) is 39.6. The lowest BCUT2D eigenvalue weighted by atomic mass is 10.1. The van der Waals surface area contributed by atoms with E-state index in [1.54, 1.807) is 25.1 Å². The Hall–Kier alpha value is -3.29. The van der Waals surface area contributed by atoms with Gasteiger partial charge >= 0.3 is 5.97 Å². The Kier molecular flexibility index (Phi) is 7.41. The molecular formula is C21H26N2O6. The Morgan fingerprint density at radius 1 is 1.10 bits per heavy atom. The zero-order chi connectivity index (χ0) is 21.6. The van der Waals surface area contributed by atoms with Crippen molar-refractivity contribution in [2.45, 2.75) is 34.1 Å². The number of hydrogen-bond donors (Lipinski definition) is 2. The van der Waals surface area contributed by atoms with Crippen molar-refractivity contribution in [3.05, 3.63) is 40.7 Å². The predicted octanol–water partition coefficient (Wildman–Crippen LogP) is 3.29. The van der Waals surface area contributed by atoms with Gasteiger partial charge in [0, 0.05) is 18.7 Å². The highest BCUT2D eigenvalue weighted by Gasteiger charge is 2.24. The van der Waals surface area contributed by atoms with Crippen LogP contribution in [0.3, 0.4) is 0 Å². The molecule has 1 aromatic carbocycles. The molecule has 2 rings (SSSR count). The zero-order valence-corrected chi connectivity index (χ0v) is 17.3. The van der Waals surface area contributed by atoms with Crippen molar-refractivity contribution >= 4 is 23.3 Å². The third-order valence-electron chi connectivity index (χ3n) is 4.24. The Bertz CT molecular complexity index is 916. The number of aromatic nitrogens is 1. The van der Waals surface area contributed by atoms with Crippen molar-refractivity contribution < 1.29 is 28.6 Å². The van der Waals surface area contributed by atoms with Crippen LogP contribution in [-0.2, 0) is 16.0 Å². The molecule has 8 nitrogen and oxygen atoms in total. The number of carbonyl (C=O) groups is 3. The largest absolute Gasteiger partial charge is 0.494 e. The molecule has 0 aliphatic rings. The summed E-state index contributed by atoms with van der Waals surface area (Å²) in [6.07, 6.45) is -0.150. The van der Waals surface area contributed by atoms with Crippen molar-refractivity contribution in [2.24, 2.45) is 0 Å². The Morgan fingerprint density at radius 3 is 2.38 bits per heavy atom. The minimum atomic E-state index is -0.609. The zero-order valence-electron chi connectivity index (χ0n) is 17.3. The van der Waals surface area contributed by atoms with Crippen molar-refractivity contribution in [3.63, 3.8) is 0 Å². The Morgan fingerprint density at radius 2 is 1.79 bits per heavy atom. The van der Waals surface area contributed by atoms with Gasteiger partial charge in [0.15, 0.2) is 5.78 Å². The normalized spacial score (nSPS) is 10.4. The molecular weight excluding hydrogens is 376 g/mol. The van der Waals surface area contributed by atoms with Crippen LogP contribution in [0.5, 0.6) is 11.5 Å². The highest BCUT2D eigenvalue weighted by molar-refractivity contribution is 6.02. The van der Waals surface area contributed by atoms with E-state index in [0.29, 0.717) is 41.7 Å². The molecule has 0 unspecified atom stereocenters. The topological polar surface area (TPSA) is 107 Å². The van der Waals surface area contributed by atoms with Gasteiger partial charge in [0.2, 0.25) is 5.91 Å². The third-order valence-corrected chi connectivity index (χ3v) is 4.24. The van der Waals surface area contributed by atoms with Gasteiger partial charge in [0.1, 0.15) is 11.5 Å². The van der Waals surface area contributed by atoms with E-state index in [1.165, 1.54) is 14.0 Å². The van der Waals surface area contributed by atoms with E-state index in [-0.39, 0.29) is 29.4 Å². The standard InChI is InChI=1S/C21H26N2O6/c1-6-28-14-8-9-17(29-7-2)15(10-14)22-18(25)11-16-19(21(26)27-5)12(3)20(23-16)13(4)24/h8-10,23H,6-7,11H2,1-5H3,(H,22,25). The van der Waals surface area contributed by atoms with Gasteiger partial charge in [-0.1, -0.05) is 0 Å².